The molecule has 0 amide bonds. The zero-order chi connectivity index (χ0) is 8.43. The second-order valence-electron chi connectivity index (χ2n) is 2.33. The van der Waals surface area contributed by atoms with Gasteiger partial charge in [-0.2, -0.15) is 0 Å². The summed E-state index contributed by atoms with van der Waals surface area (Å²) in [5, 5.41) is 10.3. The molecule has 3 N–H and O–H groups in total. The first-order chi connectivity index (χ1) is 5.13. The quantitative estimate of drug-likeness (QED) is 0.512. The molecule has 0 saturated carbocycles. The Balaban J connectivity index is 0.00000121. The molecule has 12 heavy (non-hydrogen) atoms. The van der Waals surface area contributed by atoms with Gasteiger partial charge in [0.05, 0.1) is 0 Å². The zero-order valence-corrected chi connectivity index (χ0v) is 7.07. The van der Waals surface area contributed by atoms with E-state index < -0.39 is 4.92 Å². The lowest BCUT2D eigenvalue weighted by atomic mass is 10.2. The molecule has 5 heteroatoms. The number of nitrogens with zero attached hydrogens (tertiary/aromatic N) is 2. The molecule has 0 aromatic carbocycles. The SMILES string of the molecule is Cc1ccnc([N+](=O)[O-])c1C.N. The van der Waals surface area contributed by atoms with E-state index in [1.54, 1.807) is 13.0 Å². The van der Waals surface area contributed by atoms with E-state index in [4.69, 9.17) is 0 Å². The number of pyridine rings is 1. The maximum absolute atomic E-state index is 10.3. The highest BCUT2D eigenvalue weighted by Gasteiger charge is 2.11. The molecule has 0 saturated heterocycles. The van der Waals surface area contributed by atoms with Gasteiger partial charge in [0.2, 0.25) is 0 Å². The largest absolute Gasteiger partial charge is 0.366 e. The summed E-state index contributed by atoms with van der Waals surface area (Å²) in [4.78, 5) is 13.5. The van der Waals surface area contributed by atoms with Crippen molar-refractivity contribution >= 4 is 5.82 Å². The smallest absolute Gasteiger partial charge is 0.358 e. The number of hydrogen-bond donors (Lipinski definition) is 1. The molecule has 0 unspecified atom stereocenters. The van der Waals surface area contributed by atoms with Crippen molar-refractivity contribution in [1.29, 1.82) is 0 Å². The maximum atomic E-state index is 10.3. The van der Waals surface area contributed by atoms with Crippen molar-refractivity contribution in [2.75, 3.05) is 0 Å². The molecule has 5 nitrogen and oxygen atoms in total. The van der Waals surface area contributed by atoms with Crippen molar-refractivity contribution in [3.05, 3.63) is 33.5 Å². The lowest BCUT2D eigenvalue weighted by Gasteiger charge is -1.97. The molecule has 0 aliphatic heterocycles. The fraction of sp³-hybridized carbons (Fsp3) is 0.286. The van der Waals surface area contributed by atoms with Crippen molar-refractivity contribution in [1.82, 2.24) is 11.1 Å². The number of nitro groups is 1. The van der Waals surface area contributed by atoms with Gasteiger partial charge in [-0.05, 0) is 35.4 Å². The van der Waals surface area contributed by atoms with Gasteiger partial charge in [-0.1, -0.05) is 0 Å². The van der Waals surface area contributed by atoms with Gasteiger partial charge in [0.1, 0.15) is 6.20 Å². The third kappa shape index (κ3) is 1.76. The third-order valence-electron chi connectivity index (χ3n) is 1.62. The van der Waals surface area contributed by atoms with Crippen LogP contribution >= 0.6 is 0 Å². The highest BCUT2D eigenvalue weighted by Crippen LogP contribution is 2.16. The van der Waals surface area contributed by atoms with Gasteiger partial charge in [-0.3, -0.25) is 0 Å². The van der Waals surface area contributed by atoms with Gasteiger partial charge in [-0.15, -0.1) is 0 Å². The lowest BCUT2D eigenvalue weighted by molar-refractivity contribution is -0.390. The molecule has 0 fully saturated rings. The summed E-state index contributed by atoms with van der Waals surface area (Å²) in [6.45, 7) is 3.52. The Labute approximate surface area is 70.2 Å². The molecule has 1 heterocycles. The van der Waals surface area contributed by atoms with Crippen LogP contribution in [0.3, 0.4) is 0 Å². The topological polar surface area (TPSA) is 91.0 Å². The minimum atomic E-state index is -0.470. The molecule has 1 aromatic rings. The second-order valence-corrected chi connectivity index (χ2v) is 2.33. The van der Waals surface area contributed by atoms with Crippen LogP contribution in [0.2, 0.25) is 0 Å². The number of hydrogen-bond acceptors (Lipinski definition) is 4. The zero-order valence-electron chi connectivity index (χ0n) is 7.07. The van der Waals surface area contributed by atoms with Crippen molar-refractivity contribution in [2.24, 2.45) is 0 Å². The number of aryl methyl sites for hydroxylation is 1. The van der Waals surface area contributed by atoms with Gasteiger partial charge in [0, 0.05) is 5.56 Å². The van der Waals surface area contributed by atoms with Crippen LogP contribution < -0.4 is 6.15 Å². The van der Waals surface area contributed by atoms with E-state index in [0.717, 1.165) is 5.56 Å². The summed E-state index contributed by atoms with van der Waals surface area (Å²) in [6.07, 6.45) is 1.44. The minimum absolute atomic E-state index is 0. The van der Waals surface area contributed by atoms with Crippen LogP contribution in [0.25, 0.3) is 0 Å². The Hall–Kier alpha value is -1.49. The maximum Gasteiger partial charge on any atom is 0.366 e. The second kappa shape index (κ2) is 3.77. The Morgan fingerprint density at radius 2 is 2.08 bits per heavy atom. The predicted octanol–water partition coefficient (Wildman–Crippen LogP) is 1.77. The third-order valence-corrected chi connectivity index (χ3v) is 1.62. The Bertz CT molecular complexity index is 299. The molecule has 0 bridgehead atoms. The van der Waals surface area contributed by atoms with E-state index in [9.17, 15) is 10.1 Å². The monoisotopic (exact) mass is 169 g/mol. The average molecular weight is 169 g/mol. The fourth-order valence-electron chi connectivity index (χ4n) is 0.802. The fourth-order valence-corrected chi connectivity index (χ4v) is 0.802. The lowest BCUT2D eigenvalue weighted by Crippen LogP contribution is -1.96. The molecule has 66 valence electrons. The first-order valence-corrected chi connectivity index (χ1v) is 3.19. The summed E-state index contributed by atoms with van der Waals surface area (Å²) in [6, 6.07) is 1.75. The van der Waals surface area contributed by atoms with Crippen LogP contribution in [0.4, 0.5) is 5.82 Å². The van der Waals surface area contributed by atoms with Crippen molar-refractivity contribution in [3.8, 4) is 0 Å². The molecule has 1 aromatic heterocycles. The molecular formula is C7H11N3O2. The van der Waals surface area contributed by atoms with Gasteiger partial charge in [0.25, 0.3) is 0 Å². The molecule has 0 aliphatic carbocycles. The van der Waals surface area contributed by atoms with Gasteiger partial charge < -0.3 is 16.3 Å². The van der Waals surface area contributed by atoms with Crippen LogP contribution in [0.15, 0.2) is 12.3 Å². The first kappa shape index (κ1) is 10.5. The van der Waals surface area contributed by atoms with Gasteiger partial charge >= 0.3 is 5.82 Å². The predicted molar refractivity (Wildman–Crippen MR) is 45.4 cm³/mol. The molecule has 0 aliphatic rings. The van der Waals surface area contributed by atoms with Crippen molar-refractivity contribution in [2.45, 2.75) is 13.8 Å². The van der Waals surface area contributed by atoms with E-state index >= 15 is 0 Å². The Morgan fingerprint density at radius 3 is 2.50 bits per heavy atom. The van der Waals surface area contributed by atoms with Gasteiger partial charge in [0.15, 0.2) is 0 Å². The van der Waals surface area contributed by atoms with Crippen LogP contribution in [0.5, 0.6) is 0 Å². The Morgan fingerprint density at radius 1 is 1.50 bits per heavy atom. The highest BCUT2D eigenvalue weighted by atomic mass is 16.6. The van der Waals surface area contributed by atoms with Gasteiger partial charge in [-0.25, -0.2) is 0 Å². The van der Waals surface area contributed by atoms with Crippen molar-refractivity contribution in [3.63, 3.8) is 0 Å². The highest BCUT2D eigenvalue weighted by molar-refractivity contribution is 5.36. The van der Waals surface area contributed by atoms with E-state index in [0.29, 0.717) is 5.56 Å². The van der Waals surface area contributed by atoms with E-state index in [2.05, 4.69) is 4.98 Å². The summed E-state index contributed by atoms with van der Waals surface area (Å²) >= 11 is 0. The summed E-state index contributed by atoms with van der Waals surface area (Å²) in [5.74, 6) is -0.0509. The summed E-state index contributed by atoms with van der Waals surface area (Å²) in [7, 11) is 0. The van der Waals surface area contributed by atoms with Crippen LogP contribution in [0.1, 0.15) is 11.1 Å². The van der Waals surface area contributed by atoms with Crippen LogP contribution in [-0.2, 0) is 0 Å². The first-order valence-electron chi connectivity index (χ1n) is 3.19. The Kier molecular flexibility index (Phi) is 3.30. The molecule has 0 radical (unpaired) electrons. The number of rotatable bonds is 1. The van der Waals surface area contributed by atoms with E-state index in [1.807, 2.05) is 6.92 Å². The molecular weight excluding hydrogens is 158 g/mol. The van der Waals surface area contributed by atoms with E-state index in [-0.39, 0.29) is 12.0 Å². The van der Waals surface area contributed by atoms with Crippen molar-refractivity contribution < 1.29 is 4.92 Å². The molecule has 0 spiro atoms. The standard InChI is InChI=1S/C7H8N2O2.H3N/c1-5-3-4-8-7(6(5)2)9(10)11;/h3-4H,1-2H3;1H3. The van der Waals surface area contributed by atoms with Crippen LogP contribution in [-0.4, -0.2) is 9.91 Å². The number of aromatic nitrogens is 1. The van der Waals surface area contributed by atoms with Crippen LogP contribution in [0, 0.1) is 24.0 Å². The summed E-state index contributed by atoms with van der Waals surface area (Å²) in [5.41, 5.74) is 1.53. The minimum Gasteiger partial charge on any atom is -0.358 e. The summed E-state index contributed by atoms with van der Waals surface area (Å²) < 4.78 is 0. The molecule has 1 rings (SSSR count). The molecule has 0 atom stereocenters. The normalized spacial score (nSPS) is 8.83. The average Bonchev–Trinajstić information content (AvgIpc) is 1.94. The van der Waals surface area contributed by atoms with E-state index in [1.165, 1.54) is 6.20 Å².